The lowest BCUT2D eigenvalue weighted by Crippen LogP contribution is -2.25. The van der Waals surface area contributed by atoms with E-state index in [1.807, 2.05) is 0 Å². The fourth-order valence-corrected chi connectivity index (χ4v) is 1.45. The standard InChI is InChI=1S/C10H11ClN6O/c11-7-3-4-8(13-6-7)10(18)12-5-1-2-9-14-16-17-15-9/h3-4,6H,1-2,5H2,(H,12,18)(H,14,15,16,17). The second kappa shape index (κ2) is 6.06. The van der Waals surface area contributed by atoms with Crippen molar-refractivity contribution in [2.24, 2.45) is 0 Å². The molecule has 0 atom stereocenters. The number of pyridine rings is 1. The molecule has 7 nitrogen and oxygen atoms in total. The molecule has 0 aliphatic carbocycles. The topological polar surface area (TPSA) is 96.5 Å². The summed E-state index contributed by atoms with van der Waals surface area (Å²) in [4.78, 5) is 15.6. The number of carbonyl (C=O) groups excluding carboxylic acids is 1. The van der Waals surface area contributed by atoms with Crippen molar-refractivity contribution >= 4 is 17.5 Å². The number of amides is 1. The first-order valence-corrected chi connectivity index (χ1v) is 5.75. The van der Waals surface area contributed by atoms with Crippen LogP contribution in [0.25, 0.3) is 0 Å². The minimum Gasteiger partial charge on any atom is -0.351 e. The lowest BCUT2D eigenvalue weighted by Gasteiger charge is -2.03. The molecule has 0 aliphatic rings. The molecule has 2 rings (SSSR count). The Kier molecular flexibility index (Phi) is 4.19. The molecule has 2 heterocycles. The molecule has 0 saturated heterocycles. The van der Waals surface area contributed by atoms with Crippen molar-refractivity contribution in [3.63, 3.8) is 0 Å². The van der Waals surface area contributed by atoms with Crippen LogP contribution in [-0.2, 0) is 6.42 Å². The molecule has 0 radical (unpaired) electrons. The van der Waals surface area contributed by atoms with Gasteiger partial charge in [0.1, 0.15) is 5.69 Å². The molecule has 0 aromatic carbocycles. The summed E-state index contributed by atoms with van der Waals surface area (Å²) in [6, 6.07) is 3.21. The van der Waals surface area contributed by atoms with E-state index < -0.39 is 0 Å². The highest BCUT2D eigenvalue weighted by atomic mass is 35.5. The Morgan fingerprint density at radius 2 is 2.33 bits per heavy atom. The number of aryl methyl sites for hydroxylation is 1. The first-order chi connectivity index (χ1) is 8.75. The van der Waals surface area contributed by atoms with Gasteiger partial charge in [0.25, 0.3) is 5.91 Å². The van der Waals surface area contributed by atoms with Crippen molar-refractivity contribution in [1.82, 2.24) is 30.9 Å². The van der Waals surface area contributed by atoms with E-state index in [4.69, 9.17) is 11.6 Å². The van der Waals surface area contributed by atoms with Gasteiger partial charge in [-0.1, -0.05) is 16.8 Å². The average molecular weight is 267 g/mol. The van der Waals surface area contributed by atoms with Crippen LogP contribution in [0.1, 0.15) is 22.7 Å². The number of halogens is 1. The number of aromatic nitrogens is 5. The van der Waals surface area contributed by atoms with Gasteiger partial charge in [-0.05, 0) is 18.6 Å². The van der Waals surface area contributed by atoms with Crippen LogP contribution in [0.2, 0.25) is 5.02 Å². The quantitative estimate of drug-likeness (QED) is 0.773. The van der Waals surface area contributed by atoms with Gasteiger partial charge in [-0.2, -0.15) is 5.21 Å². The maximum atomic E-state index is 11.7. The number of H-pyrrole nitrogens is 1. The molecular formula is C10H11ClN6O. The van der Waals surface area contributed by atoms with Gasteiger partial charge in [0.15, 0.2) is 5.82 Å². The van der Waals surface area contributed by atoms with Crippen molar-refractivity contribution in [3.05, 3.63) is 34.9 Å². The zero-order valence-electron chi connectivity index (χ0n) is 9.43. The van der Waals surface area contributed by atoms with Crippen molar-refractivity contribution in [2.75, 3.05) is 6.54 Å². The molecule has 2 aromatic rings. The van der Waals surface area contributed by atoms with Crippen LogP contribution in [-0.4, -0.2) is 38.1 Å². The monoisotopic (exact) mass is 266 g/mol. The molecule has 0 bridgehead atoms. The normalized spacial score (nSPS) is 10.3. The summed E-state index contributed by atoms with van der Waals surface area (Å²) in [6.07, 6.45) is 2.83. The van der Waals surface area contributed by atoms with Gasteiger partial charge in [-0.25, -0.2) is 4.98 Å². The molecule has 0 aliphatic heterocycles. The van der Waals surface area contributed by atoms with E-state index in [1.165, 1.54) is 6.20 Å². The lowest BCUT2D eigenvalue weighted by atomic mass is 10.3. The van der Waals surface area contributed by atoms with E-state index in [-0.39, 0.29) is 5.91 Å². The number of hydrogen-bond acceptors (Lipinski definition) is 5. The molecule has 0 unspecified atom stereocenters. The Balaban J connectivity index is 1.73. The zero-order valence-corrected chi connectivity index (χ0v) is 10.2. The van der Waals surface area contributed by atoms with E-state index in [0.717, 1.165) is 6.42 Å². The Morgan fingerprint density at radius 1 is 1.44 bits per heavy atom. The van der Waals surface area contributed by atoms with Gasteiger partial charge in [0.05, 0.1) is 5.02 Å². The Morgan fingerprint density at radius 3 is 3.00 bits per heavy atom. The Hall–Kier alpha value is -2.02. The average Bonchev–Trinajstić information content (AvgIpc) is 2.88. The first kappa shape index (κ1) is 12.4. The summed E-state index contributed by atoms with van der Waals surface area (Å²) >= 11 is 5.68. The summed E-state index contributed by atoms with van der Waals surface area (Å²) in [5.41, 5.74) is 0.346. The van der Waals surface area contributed by atoms with Crippen LogP contribution in [0.3, 0.4) is 0 Å². The smallest absolute Gasteiger partial charge is 0.269 e. The lowest BCUT2D eigenvalue weighted by molar-refractivity contribution is 0.0948. The van der Waals surface area contributed by atoms with E-state index in [1.54, 1.807) is 12.1 Å². The molecule has 2 aromatic heterocycles. The number of aromatic amines is 1. The van der Waals surface area contributed by atoms with Crippen LogP contribution >= 0.6 is 11.6 Å². The van der Waals surface area contributed by atoms with E-state index >= 15 is 0 Å². The number of hydrogen-bond donors (Lipinski definition) is 2. The number of nitrogens with one attached hydrogen (secondary N) is 2. The highest BCUT2D eigenvalue weighted by Gasteiger charge is 2.06. The largest absolute Gasteiger partial charge is 0.351 e. The van der Waals surface area contributed by atoms with E-state index in [2.05, 4.69) is 30.9 Å². The maximum absolute atomic E-state index is 11.7. The highest BCUT2D eigenvalue weighted by Crippen LogP contribution is 2.05. The van der Waals surface area contributed by atoms with Crippen molar-refractivity contribution < 1.29 is 4.79 Å². The van der Waals surface area contributed by atoms with Gasteiger partial charge >= 0.3 is 0 Å². The number of rotatable bonds is 5. The predicted molar refractivity (Wildman–Crippen MR) is 64.1 cm³/mol. The van der Waals surface area contributed by atoms with Gasteiger partial charge in [0, 0.05) is 19.2 Å². The molecule has 0 spiro atoms. The minimum atomic E-state index is -0.222. The van der Waals surface area contributed by atoms with Gasteiger partial charge in [0.2, 0.25) is 0 Å². The third-order valence-corrected chi connectivity index (χ3v) is 2.44. The van der Waals surface area contributed by atoms with Crippen LogP contribution < -0.4 is 5.32 Å². The van der Waals surface area contributed by atoms with E-state index in [0.29, 0.717) is 29.5 Å². The molecule has 94 valence electrons. The maximum Gasteiger partial charge on any atom is 0.269 e. The molecule has 0 saturated carbocycles. The van der Waals surface area contributed by atoms with E-state index in [9.17, 15) is 4.79 Å². The van der Waals surface area contributed by atoms with Crippen LogP contribution in [0.15, 0.2) is 18.3 Å². The second-order valence-electron chi connectivity index (χ2n) is 3.55. The summed E-state index contributed by atoms with van der Waals surface area (Å²) in [5.74, 6) is 0.411. The summed E-state index contributed by atoms with van der Waals surface area (Å²) in [5, 5.41) is 16.7. The predicted octanol–water partition coefficient (Wildman–Crippen LogP) is 0.611. The third-order valence-electron chi connectivity index (χ3n) is 2.21. The zero-order chi connectivity index (χ0) is 12.8. The van der Waals surface area contributed by atoms with Crippen LogP contribution in [0.5, 0.6) is 0 Å². The molecule has 0 fully saturated rings. The molecule has 18 heavy (non-hydrogen) atoms. The summed E-state index contributed by atoms with van der Waals surface area (Å²) < 4.78 is 0. The molecule has 8 heteroatoms. The Labute approximate surface area is 108 Å². The van der Waals surface area contributed by atoms with Crippen molar-refractivity contribution in [2.45, 2.75) is 12.8 Å². The third kappa shape index (κ3) is 3.49. The van der Waals surface area contributed by atoms with Gasteiger partial charge in [-0.3, -0.25) is 4.79 Å². The number of tetrazole rings is 1. The van der Waals surface area contributed by atoms with Gasteiger partial charge < -0.3 is 5.32 Å². The fraction of sp³-hybridized carbons (Fsp3) is 0.300. The summed E-state index contributed by atoms with van der Waals surface area (Å²) in [7, 11) is 0. The van der Waals surface area contributed by atoms with Gasteiger partial charge in [-0.15, -0.1) is 10.2 Å². The molecular weight excluding hydrogens is 256 g/mol. The molecule has 2 N–H and O–H groups in total. The van der Waals surface area contributed by atoms with Crippen molar-refractivity contribution in [3.8, 4) is 0 Å². The second-order valence-corrected chi connectivity index (χ2v) is 3.99. The van der Waals surface area contributed by atoms with Crippen LogP contribution in [0.4, 0.5) is 0 Å². The van der Waals surface area contributed by atoms with Crippen LogP contribution in [0, 0.1) is 0 Å². The SMILES string of the molecule is O=C(NCCCc1nn[nH]n1)c1ccc(Cl)cn1. The van der Waals surface area contributed by atoms with Crippen molar-refractivity contribution in [1.29, 1.82) is 0 Å². The Bertz CT molecular complexity index is 498. The highest BCUT2D eigenvalue weighted by molar-refractivity contribution is 6.30. The minimum absolute atomic E-state index is 0.222. The first-order valence-electron chi connectivity index (χ1n) is 5.38. The molecule has 1 amide bonds. The fourth-order valence-electron chi connectivity index (χ4n) is 1.34. The summed E-state index contributed by atoms with van der Waals surface area (Å²) in [6.45, 7) is 0.525. The number of carbonyl (C=O) groups is 1. The number of nitrogens with zero attached hydrogens (tertiary/aromatic N) is 4.